The molecule has 4 aromatic rings. The van der Waals surface area contributed by atoms with Gasteiger partial charge in [-0.15, -0.1) is 0 Å². The van der Waals surface area contributed by atoms with Crippen LogP contribution in [-0.4, -0.2) is 31.0 Å². The van der Waals surface area contributed by atoms with Gasteiger partial charge in [0, 0.05) is 5.56 Å². The monoisotopic (exact) mass is 435 g/mol. The van der Waals surface area contributed by atoms with Gasteiger partial charge in [-0.2, -0.15) is 0 Å². The van der Waals surface area contributed by atoms with Gasteiger partial charge in [0.25, 0.3) is 5.56 Å². The number of methoxy groups -OCH3 is 3. The molecule has 0 atom stereocenters. The number of halogens is 1. The molecule has 0 aliphatic rings. The normalized spacial score (nSPS) is 10.8. The Bertz CT molecular complexity index is 1310. The van der Waals surface area contributed by atoms with Crippen LogP contribution in [0.15, 0.2) is 65.5 Å². The van der Waals surface area contributed by atoms with E-state index in [-0.39, 0.29) is 17.9 Å². The van der Waals surface area contributed by atoms with E-state index in [1.807, 2.05) is 6.07 Å². The van der Waals surface area contributed by atoms with Gasteiger partial charge < -0.3 is 19.6 Å². The molecule has 0 radical (unpaired) electrons. The van der Waals surface area contributed by atoms with Crippen LogP contribution in [0.1, 0.15) is 5.56 Å². The molecule has 3 aromatic carbocycles. The molecule has 0 spiro atoms. The Balaban J connectivity index is 1.90. The van der Waals surface area contributed by atoms with Crippen LogP contribution in [0.2, 0.25) is 0 Å². The average Bonchev–Trinajstić information content (AvgIpc) is 2.82. The van der Waals surface area contributed by atoms with Crippen molar-refractivity contribution in [2.75, 3.05) is 26.8 Å². The molecular formula is C24H22FN3O4. The standard InChI is InChI=1S/C24H22FN3O4/c1-30-20-12-16(13-21(31-2)22(20)32-3)23-27-19-10-5-4-9-18(19)24(29)28(23)26-14-15-7-6-8-17(25)11-15/h4-13,26H,14H2,1-3H3. The number of para-hydroxylation sites is 1. The first-order valence-corrected chi connectivity index (χ1v) is 9.86. The largest absolute Gasteiger partial charge is 0.493 e. The Labute approximate surface area is 184 Å². The van der Waals surface area contributed by atoms with Gasteiger partial charge in [0.05, 0.1) is 38.8 Å². The van der Waals surface area contributed by atoms with Crippen LogP contribution >= 0.6 is 0 Å². The third-order valence-electron chi connectivity index (χ3n) is 5.03. The van der Waals surface area contributed by atoms with E-state index < -0.39 is 0 Å². The molecule has 0 bridgehead atoms. The first-order valence-electron chi connectivity index (χ1n) is 9.86. The number of hydrogen-bond donors (Lipinski definition) is 1. The molecule has 0 unspecified atom stereocenters. The van der Waals surface area contributed by atoms with Crippen LogP contribution in [0.25, 0.3) is 22.3 Å². The minimum Gasteiger partial charge on any atom is -0.493 e. The fourth-order valence-electron chi connectivity index (χ4n) is 3.50. The number of hydrogen-bond acceptors (Lipinski definition) is 6. The molecule has 1 heterocycles. The third kappa shape index (κ3) is 3.94. The summed E-state index contributed by atoms with van der Waals surface area (Å²) in [6.07, 6.45) is 0. The van der Waals surface area contributed by atoms with E-state index in [0.29, 0.717) is 45.1 Å². The quantitative estimate of drug-likeness (QED) is 0.474. The first-order chi connectivity index (χ1) is 15.5. The number of fused-ring (bicyclic) bond motifs is 1. The van der Waals surface area contributed by atoms with Crippen LogP contribution in [0.5, 0.6) is 17.2 Å². The van der Waals surface area contributed by atoms with E-state index in [2.05, 4.69) is 5.43 Å². The number of nitrogens with one attached hydrogen (secondary N) is 1. The summed E-state index contributed by atoms with van der Waals surface area (Å²) >= 11 is 0. The number of benzene rings is 3. The van der Waals surface area contributed by atoms with Gasteiger partial charge in [0.2, 0.25) is 5.75 Å². The lowest BCUT2D eigenvalue weighted by Crippen LogP contribution is -2.31. The second-order valence-electron chi connectivity index (χ2n) is 6.97. The molecule has 0 amide bonds. The second-order valence-corrected chi connectivity index (χ2v) is 6.97. The zero-order valence-electron chi connectivity index (χ0n) is 17.9. The molecule has 7 nitrogen and oxygen atoms in total. The molecule has 0 saturated heterocycles. The summed E-state index contributed by atoms with van der Waals surface area (Å²) < 4.78 is 31.3. The van der Waals surface area contributed by atoms with Crippen molar-refractivity contribution in [3.63, 3.8) is 0 Å². The molecule has 0 saturated carbocycles. The molecule has 0 fully saturated rings. The number of aromatic nitrogens is 2. The zero-order valence-corrected chi connectivity index (χ0v) is 17.9. The molecule has 0 aliphatic heterocycles. The SMILES string of the molecule is COc1cc(-c2nc3ccccc3c(=O)n2NCc2cccc(F)c2)cc(OC)c1OC. The topological polar surface area (TPSA) is 74.6 Å². The summed E-state index contributed by atoms with van der Waals surface area (Å²) in [5.74, 6) is 1.30. The molecule has 164 valence electrons. The summed E-state index contributed by atoms with van der Waals surface area (Å²) in [5, 5.41) is 0.454. The Morgan fingerprint density at radius 3 is 2.31 bits per heavy atom. The predicted molar refractivity (Wildman–Crippen MR) is 121 cm³/mol. The summed E-state index contributed by atoms with van der Waals surface area (Å²) in [6.45, 7) is 0.217. The van der Waals surface area contributed by atoms with Crippen LogP contribution < -0.4 is 25.2 Å². The highest BCUT2D eigenvalue weighted by molar-refractivity contribution is 5.80. The van der Waals surface area contributed by atoms with Crippen molar-refractivity contribution in [1.82, 2.24) is 9.66 Å². The van der Waals surface area contributed by atoms with Crippen molar-refractivity contribution in [3.05, 3.63) is 82.4 Å². The lowest BCUT2D eigenvalue weighted by atomic mass is 10.1. The van der Waals surface area contributed by atoms with Crippen LogP contribution in [0, 0.1) is 5.82 Å². The second kappa shape index (κ2) is 8.97. The van der Waals surface area contributed by atoms with E-state index in [9.17, 15) is 9.18 Å². The Kier molecular flexibility index (Phi) is 5.93. The number of ether oxygens (including phenoxy) is 3. The fraction of sp³-hybridized carbons (Fsp3) is 0.167. The predicted octanol–water partition coefficient (Wildman–Crippen LogP) is 3.97. The molecule has 8 heteroatoms. The van der Waals surface area contributed by atoms with Crippen LogP contribution in [0.4, 0.5) is 4.39 Å². The maximum absolute atomic E-state index is 13.6. The average molecular weight is 435 g/mol. The van der Waals surface area contributed by atoms with Gasteiger partial charge in [-0.05, 0) is 42.0 Å². The Morgan fingerprint density at radius 2 is 1.66 bits per heavy atom. The van der Waals surface area contributed by atoms with Gasteiger partial charge in [-0.1, -0.05) is 24.3 Å². The first kappa shape index (κ1) is 21.2. The van der Waals surface area contributed by atoms with Crippen molar-refractivity contribution >= 4 is 10.9 Å². The van der Waals surface area contributed by atoms with Gasteiger partial charge in [0.1, 0.15) is 5.82 Å². The summed E-state index contributed by atoms with van der Waals surface area (Å²) in [6, 6.07) is 16.7. The lowest BCUT2D eigenvalue weighted by Gasteiger charge is -2.18. The number of rotatable bonds is 7. The van der Waals surface area contributed by atoms with Gasteiger partial charge >= 0.3 is 0 Å². The highest BCUT2D eigenvalue weighted by Gasteiger charge is 2.19. The van der Waals surface area contributed by atoms with Gasteiger partial charge in [-0.25, -0.2) is 14.1 Å². The highest BCUT2D eigenvalue weighted by Crippen LogP contribution is 2.40. The summed E-state index contributed by atoms with van der Waals surface area (Å²) in [7, 11) is 4.55. The Hall–Kier alpha value is -4.07. The third-order valence-corrected chi connectivity index (χ3v) is 5.03. The smallest absolute Gasteiger partial charge is 0.280 e. The van der Waals surface area contributed by atoms with Crippen LogP contribution in [-0.2, 0) is 6.54 Å². The fourth-order valence-corrected chi connectivity index (χ4v) is 3.50. The van der Waals surface area contributed by atoms with Crippen molar-refractivity contribution in [2.45, 2.75) is 6.54 Å². The Morgan fingerprint density at radius 1 is 0.938 bits per heavy atom. The lowest BCUT2D eigenvalue weighted by molar-refractivity contribution is 0.324. The molecular weight excluding hydrogens is 413 g/mol. The molecule has 1 aromatic heterocycles. The van der Waals surface area contributed by atoms with E-state index in [0.717, 1.165) is 0 Å². The number of nitrogens with zero attached hydrogens (tertiary/aromatic N) is 2. The van der Waals surface area contributed by atoms with E-state index in [4.69, 9.17) is 19.2 Å². The molecule has 0 aliphatic carbocycles. The van der Waals surface area contributed by atoms with E-state index >= 15 is 0 Å². The van der Waals surface area contributed by atoms with Crippen molar-refractivity contribution in [2.24, 2.45) is 0 Å². The van der Waals surface area contributed by atoms with Crippen LogP contribution in [0.3, 0.4) is 0 Å². The molecule has 4 rings (SSSR count). The van der Waals surface area contributed by atoms with Gasteiger partial charge in [0.15, 0.2) is 17.3 Å². The van der Waals surface area contributed by atoms with E-state index in [1.54, 1.807) is 42.5 Å². The molecule has 32 heavy (non-hydrogen) atoms. The minimum atomic E-state index is -0.349. The van der Waals surface area contributed by atoms with E-state index in [1.165, 1.54) is 38.1 Å². The highest BCUT2D eigenvalue weighted by atomic mass is 19.1. The maximum Gasteiger partial charge on any atom is 0.280 e. The minimum absolute atomic E-state index is 0.217. The van der Waals surface area contributed by atoms with Crippen molar-refractivity contribution in [3.8, 4) is 28.6 Å². The molecule has 1 N–H and O–H groups in total. The van der Waals surface area contributed by atoms with Crippen molar-refractivity contribution in [1.29, 1.82) is 0 Å². The maximum atomic E-state index is 13.6. The van der Waals surface area contributed by atoms with Crippen molar-refractivity contribution < 1.29 is 18.6 Å². The summed E-state index contributed by atoms with van der Waals surface area (Å²) in [4.78, 5) is 18.1. The summed E-state index contributed by atoms with van der Waals surface area (Å²) in [5.41, 5.74) is 4.61. The van der Waals surface area contributed by atoms with Gasteiger partial charge in [-0.3, -0.25) is 4.79 Å². The zero-order chi connectivity index (χ0) is 22.7.